The summed E-state index contributed by atoms with van der Waals surface area (Å²) in [6.07, 6.45) is 3.86. The molecule has 1 aliphatic carbocycles. The van der Waals surface area contributed by atoms with Gasteiger partial charge < -0.3 is 10.6 Å². The Bertz CT molecular complexity index is 808. The van der Waals surface area contributed by atoms with Crippen LogP contribution in [0.5, 0.6) is 0 Å². The van der Waals surface area contributed by atoms with Gasteiger partial charge in [-0.1, -0.05) is 6.42 Å². The van der Waals surface area contributed by atoms with Crippen molar-refractivity contribution in [1.82, 2.24) is 4.31 Å². The zero-order valence-electron chi connectivity index (χ0n) is 14.5. The number of hydrogen-bond acceptors (Lipinski definition) is 4. The first kappa shape index (κ1) is 17.0. The van der Waals surface area contributed by atoms with Crippen LogP contribution < -0.4 is 10.6 Å². The Morgan fingerprint density at radius 2 is 2.04 bits per heavy atom. The van der Waals surface area contributed by atoms with Gasteiger partial charge in [-0.3, -0.25) is 4.79 Å². The number of benzene rings is 1. The van der Waals surface area contributed by atoms with Gasteiger partial charge in [0.1, 0.15) is 0 Å². The summed E-state index contributed by atoms with van der Waals surface area (Å²) in [4.78, 5) is 13.7. The third kappa shape index (κ3) is 2.78. The van der Waals surface area contributed by atoms with Gasteiger partial charge in [-0.2, -0.15) is 4.31 Å². The monoisotopic (exact) mass is 363 g/mol. The third-order valence-electron chi connectivity index (χ3n) is 6.08. The van der Waals surface area contributed by atoms with Crippen LogP contribution in [0, 0.1) is 11.8 Å². The Morgan fingerprint density at radius 3 is 2.76 bits per heavy atom. The highest BCUT2D eigenvalue weighted by Crippen LogP contribution is 2.38. The maximum absolute atomic E-state index is 13.1. The Balaban J connectivity index is 1.60. The smallest absolute Gasteiger partial charge is 0.243 e. The van der Waals surface area contributed by atoms with Crippen molar-refractivity contribution in [1.29, 1.82) is 0 Å². The molecule has 2 heterocycles. The topological polar surface area (TPSA) is 83.7 Å². The molecule has 7 heteroatoms. The molecule has 1 amide bonds. The zero-order valence-corrected chi connectivity index (χ0v) is 15.3. The van der Waals surface area contributed by atoms with Gasteiger partial charge in [-0.15, -0.1) is 0 Å². The van der Waals surface area contributed by atoms with E-state index in [1.807, 2.05) is 0 Å². The van der Waals surface area contributed by atoms with Crippen molar-refractivity contribution in [3.63, 3.8) is 0 Å². The van der Waals surface area contributed by atoms with Crippen molar-refractivity contribution < 1.29 is 13.2 Å². The fourth-order valence-corrected chi connectivity index (χ4v) is 6.27. The predicted octanol–water partition coefficient (Wildman–Crippen LogP) is 1.34. The molecule has 1 aromatic rings. The van der Waals surface area contributed by atoms with E-state index in [1.165, 1.54) is 6.92 Å². The second-order valence-electron chi connectivity index (χ2n) is 7.55. The predicted molar refractivity (Wildman–Crippen MR) is 95.7 cm³/mol. The number of amides is 1. The highest BCUT2D eigenvalue weighted by Gasteiger charge is 2.43. The molecule has 2 fully saturated rings. The van der Waals surface area contributed by atoms with Crippen molar-refractivity contribution in [3.8, 4) is 0 Å². The summed E-state index contributed by atoms with van der Waals surface area (Å²) in [5, 5.41) is 0. The molecule has 1 aromatic carbocycles. The van der Waals surface area contributed by atoms with Gasteiger partial charge in [0.2, 0.25) is 15.9 Å². The van der Waals surface area contributed by atoms with Crippen LogP contribution in [0.15, 0.2) is 23.1 Å². The van der Waals surface area contributed by atoms with E-state index in [9.17, 15) is 13.2 Å². The Labute approximate surface area is 149 Å². The van der Waals surface area contributed by atoms with Gasteiger partial charge in [-0.05, 0) is 54.9 Å². The van der Waals surface area contributed by atoms with Crippen LogP contribution in [-0.2, 0) is 21.2 Å². The highest BCUT2D eigenvalue weighted by molar-refractivity contribution is 7.89. The molecule has 0 radical (unpaired) electrons. The van der Waals surface area contributed by atoms with Crippen LogP contribution in [-0.4, -0.2) is 44.3 Å². The van der Waals surface area contributed by atoms with E-state index in [4.69, 9.17) is 5.73 Å². The summed E-state index contributed by atoms with van der Waals surface area (Å²) >= 11 is 0. The molecule has 0 aromatic heterocycles. The van der Waals surface area contributed by atoms with E-state index < -0.39 is 10.0 Å². The van der Waals surface area contributed by atoms with Crippen molar-refractivity contribution in [2.75, 3.05) is 24.5 Å². The lowest BCUT2D eigenvalue weighted by Crippen LogP contribution is -2.38. The maximum Gasteiger partial charge on any atom is 0.243 e. The molecular weight excluding hydrogens is 338 g/mol. The Hall–Kier alpha value is -1.44. The van der Waals surface area contributed by atoms with E-state index in [-0.39, 0.29) is 17.9 Å². The van der Waals surface area contributed by atoms with Gasteiger partial charge >= 0.3 is 0 Å². The van der Waals surface area contributed by atoms with Crippen molar-refractivity contribution in [2.45, 2.75) is 43.5 Å². The fraction of sp³-hybridized carbons (Fsp3) is 0.611. The summed E-state index contributed by atoms with van der Waals surface area (Å²) in [5.74, 6) is 0.666. The molecule has 25 heavy (non-hydrogen) atoms. The van der Waals surface area contributed by atoms with Crippen LogP contribution in [0.1, 0.15) is 31.7 Å². The quantitative estimate of drug-likeness (QED) is 0.859. The van der Waals surface area contributed by atoms with E-state index in [1.54, 1.807) is 27.4 Å². The minimum atomic E-state index is -3.51. The number of anilines is 1. The first-order valence-electron chi connectivity index (χ1n) is 9.04. The first-order chi connectivity index (χ1) is 11.9. The highest BCUT2D eigenvalue weighted by atomic mass is 32.2. The van der Waals surface area contributed by atoms with Crippen molar-refractivity contribution in [3.05, 3.63) is 23.8 Å². The van der Waals surface area contributed by atoms with Crippen LogP contribution in [0.2, 0.25) is 0 Å². The number of rotatable bonds is 2. The average Bonchev–Trinajstić information content (AvgIpc) is 3.19. The van der Waals surface area contributed by atoms with E-state index >= 15 is 0 Å². The molecule has 1 saturated carbocycles. The molecular formula is C18H25N3O3S. The van der Waals surface area contributed by atoms with E-state index in [0.717, 1.165) is 30.5 Å². The summed E-state index contributed by atoms with van der Waals surface area (Å²) in [6, 6.07) is 5.27. The molecule has 136 valence electrons. The van der Waals surface area contributed by atoms with Crippen molar-refractivity contribution in [2.24, 2.45) is 17.6 Å². The number of fused-ring (bicyclic) bond motifs is 2. The van der Waals surface area contributed by atoms with E-state index in [0.29, 0.717) is 36.9 Å². The molecule has 6 nitrogen and oxygen atoms in total. The zero-order chi connectivity index (χ0) is 17.8. The lowest BCUT2D eigenvalue weighted by atomic mass is 9.78. The number of nitrogens with two attached hydrogens (primary N) is 1. The molecule has 1 saturated heterocycles. The molecule has 0 bridgehead atoms. The summed E-state index contributed by atoms with van der Waals surface area (Å²) in [5.41, 5.74) is 7.99. The van der Waals surface area contributed by atoms with Gasteiger partial charge in [0.05, 0.1) is 4.90 Å². The Morgan fingerprint density at radius 1 is 1.24 bits per heavy atom. The van der Waals surface area contributed by atoms with Crippen molar-refractivity contribution >= 4 is 21.6 Å². The van der Waals surface area contributed by atoms with Crippen LogP contribution in [0.4, 0.5) is 5.69 Å². The van der Waals surface area contributed by atoms with Crippen LogP contribution in [0.3, 0.4) is 0 Å². The summed E-state index contributed by atoms with van der Waals surface area (Å²) in [6.45, 7) is 3.27. The number of sulfonamides is 1. The Kier molecular flexibility index (Phi) is 4.13. The molecule has 2 aliphatic heterocycles. The third-order valence-corrected chi connectivity index (χ3v) is 7.91. The van der Waals surface area contributed by atoms with Gasteiger partial charge in [-0.25, -0.2) is 8.42 Å². The van der Waals surface area contributed by atoms with E-state index in [2.05, 4.69) is 0 Å². The SMILES string of the molecule is CC(=O)N1CCc2cc(S(=O)(=O)N3CC4CCCC(N)C4C3)ccc21. The first-order valence-corrected chi connectivity index (χ1v) is 10.5. The van der Waals surface area contributed by atoms with Gasteiger partial charge in [0.25, 0.3) is 0 Å². The second kappa shape index (κ2) is 6.07. The molecule has 3 aliphatic rings. The number of hydrogen-bond donors (Lipinski definition) is 1. The lowest BCUT2D eigenvalue weighted by molar-refractivity contribution is -0.116. The molecule has 4 rings (SSSR count). The summed E-state index contributed by atoms with van der Waals surface area (Å²) in [7, 11) is -3.51. The normalized spacial score (nSPS) is 29.5. The molecule has 3 atom stereocenters. The summed E-state index contributed by atoms with van der Waals surface area (Å²) < 4.78 is 27.8. The standard InChI is InChI=1S/C18H25N3O3S/c1-12(22)21-8-7-13-9-15(5-6-18(13)21)25(23,24)20-10-14-3-2-4-17(19)16(14)11-20/h5-6,9,14,16-17H,2-4,7-8,10-11,19H2,1H3. The van der Waals surface area contributed by atoms with Crippen LogP contribution in [0.25, 0.3) is 0 Å². The van der Waals surface area contributed by atoms with Gasteiger partial charge in [0, 0.05) is 38.3 Å². The van der Waals surface area contributed by atoms with Crippen LogP contribution >= 0.6 is 0 Å². The number of nitrogens with zero attached hydrogens (tertiary/aromatic N) is 2. The molecule has 2 N–H and O–H groups in total. The number of carbonyl (C=O) groups is 1. The largest absolute Gasteiger partial charge is 0.327 e. The second-order valence-corrected chi connectivity index (χ2v) is 9.49. The molecule has 0 spiro atoms. The molecule has 3 unspecified atom stereocenters. The fourth-order valence-electron chi connectivity index (χ4n) is 4.69. The lowest BCUT2D eigenvalue weighted by Gasteiger charge is -2.29. The minimum Gasteiger partial charge on any atom is -0.327 e. The minimum absolute atomic E-state index is 0.00744. The average molecular weight is 363 g/mol. The maximum atomic E-state index is 13.1. The number of carbonyl (C=O) groups excluding carboxylic acids is 1. The van der Waals surface area contributed by atoms with Gasteiger partial charge in [0.15, 0.2) is 0 Å².